The molecule has 1 saturated heterocycles. The number of ketones is 2. The van der Waals surface area contributed by atoms with Crippen molar-refractivity contribution in [1.82, 2.24) is 14.1 Å². The van der Waals surface area contributed by atoms with Crippen molar-refractivity contribution in [1.29, 1.82) is 0 Å². The molecule has 0 aliphatic carbocycles. The summed E-state index contributed by atoms with van der Waals surface area (Å²) in [7, 11) is 0. The molecule has 2 rings (SSSR count). The molecule has 0 spiro atoms. The summed E-state index contributed by atoms with van der Waals surface area (Å²) in [5.41, 5.74) is -1.36. The summed E-state index contributed by atoms with van der Waals surface area (Å²) in [6, 6.07) is 0. The van der Waals surface area contributed by atoms with Crippen LogP contribution in [0, 0.1) is 5.92 Å². The van der Waals surface area contributed by atoms with E-state index >= 15 is 0 Å². The zero-order valence-corrected chi connectivity index (χ0v) is 26.2. The molecule has 12 heteroatoms. The highest BCUT2D eigenvalue weighted by Crippen LogP contribution is 2.27. The number of nitrogens with one attached hydrogen (secondary N) is 1. The van der Waals surface area contributed by atoms with E-state index in [1.54, 1.807) is 13.8 Å². The molecule has 0 radical (unpaired) electrons. The van der Waals surface area contributed by atoms with Gasteiger partial charge in [-0.2, -0.15) is 4.37 Å². The summed E-state index contributed by atoms with van der Waals surface area (Å²) >= 11 is 1.07. The topological polar surface area (TPSA) is 129 Å². The van der Waals surface area contributed by atoms with Crippen molar-refractivity contribution in [2.45, 2.75) is 104 Å². The lowest BCUT2D eigenvalue weighted by molar-refractivity contribution is -0.161. The van der Waals surface area contributed by atoms with Gasteiger partial charge in [-0.15, -0.1) is 4.37 Å². The predicted octanol–water partition coefficient (Wildman–Crippen LogP) is 3.59. The Morgan fingerprint density at radius 2 is 1.75 bits per heavy atom. The molecule has 3 unspecified atom stereocenters. The molecule has 0 bridgehead atoms. The molecule has 1 fully saturated rings. The van der Waals surface area contributed by atoms with Gasteiger partial charge in [-0.25, -0.2) is 0 Å². The van der Waals surface area contributed by atoms with Gasteiger partial charge in [-0.1, -0.05) is 20.8 Å². The summed E-state index contributed by atoms with van der Waals surface area (Å²) in [6.07, 6.45) is -0.374. The third kappa shape index (κ3) is 10.7. The molecule has 1 N–H and O–H groups in total. The molecule has 1 aliphatic rings. The minimum absolute atomic E-state index is 0.0318. The van der Waals surface area contributed by atoms with Crippen molar-refractivity contribution < 1.29 is 33.3 Å². The van der Waals surface area contributed by atoms with E-state index in [9.17, 15) is 14.4 Å². The van der Waals surface area contributed by atoms with E-state index in [4.69, 9.17) is 18.9 Å². The van der Waals surface area contributed by atoms with Crippen molar-refractivity contribution in [3.63, 3.8) is 0 Å². The van der Waals surface area contributed by atoms with Crippen molar-refractivity contribution in [2.75, 3.05) is 44.4 Å². The fourth-order valence-electron chi connectivity index (χ4n) is 4.08. The second-order valence-electron chi connectivity index (χ2n) is 11.5. The first-order valence-electron chi connectivity index (χ1n) is 14.3. The maximum atomic E-state index is 13.1. The quantitative estimate of drug-likeness (QED) is 0.270. The number of nitrogens with zero attached hydrogens (tertiary/aromatic N) is 3. The van der Waals surface area contributed by atoms with Crippen molar-refractivity contribution in [3.8, 4) is 5.88 Å². The van der Waals surface area contributed by atoms with Gasteiger partial charge in [0.2, 0.25) is 5.82 Å². The number of ether oxygens (including phenoxy) is 4. The fourth-order valence-corrected chi connectivity index (χ4v) is 4.60. The van der Waals surface area contributed by atoms with Gasteiger partial charge in [0, 0.05) is 37.5 Å². The number of hydrogen-bond donors (Lipinski definition) is 1. The van der Waals surface area contributed by atoms with Gasteiger partial charge in [-0.05, 0) is 47.5 Å². The third-order valence-electron chi connectivity index (χ3n) is 7.07. The van der Waals surface area contributed by atoms with Gasteiger partial charge in [0.05, 0.1) is 31.4 Å². The average molecular weight is 585 g/mol. The largest absolute Gasteiger partial charge is 0.470 e. The molecule has 1 aromatic heterocycles. The minimum Gasteiger partial charge on any atom is -0.470 e. The summed E-state index contributed by atoms with van der Waals surface area (Å²) in [6.45, 7) is 18.1. The molecule has 2 heterocycles. The van der Waals surface area contributed by atoms with Crippen LogP contribution in [0.1, 0.15) is 81.1 Å². The zero-order valence-electron chi connectivity index (χ0n) is 25.4. The minimum atomic E-state index is -1.16. The Kier molecular flexibility index (Phi) is 13.4. The van der Waals surface area contributed by atoms with Crippen LogP contribution in [0.3, 0.4) is 0 Å². The highest BCUT2D eigenvalue weighted by atomic mass is 32.1. The summed E-state index contributed by atoms with van der Waals surface area (Å²) < 4.78 is 31.7. The number of hydrogen-bond acceptors (Lipinski definition) is 12. The van der Waals surface area contributed by atoms with Crippen LogP contribution in [-0.4, -0.2) is 89.1 Å². The van der Waals surface area contributed by atoms with E-state index in [-0.39, 0.29) is 42.5 Å². The van der Waals surface area contributed by atoms with Crippen LogP contribution < -0.4 is 15.0 Å². The summed E-state index contributed by atoms with van der Waals surface area (Å²) in [4.78, 5) is 40.5. The van der Waals surface area contributed by atoms with Gasteiger partial charge in [0.1, 0.15) is 24.4 Å². The standard InChI is InChI=1S/C28H48N4O7S/c1-9-19(3)24(35)20(4)39-28(8,10-2)22(33)11-12-23(34)38-21(17-29-27(5,6)7)18-37-26-25(30-40-31-26)32-13-15-36-16-14-32/h19-21,29H,9-18H2,1-8H3/t19?,20?,21-,28?/m0/s1. The van der Waals surface area contributed by atoms with Crippen molar-refractivity contribution in [3.05, 3.63) is 0 Å². The predicted molar refractivity (Wildman–Crippen MR) is 154 cm³/mol. The molecule has 0 aromatic carbocycles. The molecule has 0 amide bonds. The van der Waals surface area contributed by atoms with Crippen molar-refractivity contribution in [2.24, 2.45) is 5.92 Å². The van der Waals surface area contributed by atoms with Crippen LogP contribution in [0.2, 0.25) is 0 Å². The fraction of sp³-hybridized carbons (Fsp3) is 0.821. The van der Waals surface area contributed by atoms with E-state index in [1.165, 1.54) is 0 Å². The Morgan fingerprint density at radius 3 is 2.35 bits per heavy atom. The monoisotopic (exact) mass is 584 g/mol. The number of anilines is 1. The van der Waals surface area contributed by atoms with Gasteiger partial charge in [0.25, 0.3) is 5.88 Å². The number of esters is 1. The van der Waals surface area contributed by atoms with Gasteiger partial charge >= 0.3 is 5.97 Å². The summed E-state index contributed by atoms with van der Waals surface area (Å²) in [5.74, 6) is 0.135. The Balaban J connectivity index is 1.97. The molecule has 228 valence electrons. The molecule has 0 saturated carbocycles. The van der Waals surface area contributed by atoms with E-state index in [0.717, 1.165) is 11.7 Å². The second kappa shape index (κ2) is 15.7. The van der Waals surface area contributed by atoms with E-state index in [1.807, 2.05) is 41.5 Å². The van der Waals surface area contributed by atoms with Gasteiger partial charge in [0.15, 0.2) is 11.6 Å². The average Bonchev–Trinajstić information content (AvgIpc) is 3.40. The highest BCUT2D eigenvalue weighted by molar-refractivity contribution is 6.99. The number of morpholine rings is 1. The normalized spacial score (nSPS) is 17.9. The molecular weight excluding hydrogens is 536 g/mol. The number of carbonyl (C=O) groups is 3. The first-order valence-corrected chi connectivity index (χ1v) is 15.0. The Hall–Kier alpha value is -2.15. The van der Waals surface area contributed by atoms with Crippen LogP contribution in [0.25, 0.3) is 0 Å². The van der Waals surface area contributed by atoms with Crippen LogP contribution in [0.15, 0.2) is 0 Å². The van der Waals surface area contributed by atoms with Crippen LogP contribution in [-0.2, 0) is 28.6 Å². The number of aromatic nitrogens is 2. The van der Waals surface area contributed by atoms with Crippen molar-refractivity contribution >= 4 is 35.1 Å². The van der Waals surface area contributed by atoms with Crippen LogP contribution in [0.5, 0.6) is 5.88 Å². The second-order valence-corrected chi connectivity index (χ2v) is 12.1. The first-order chi connectivity index (χ1) is 18.8. The zero-order chi connectivity index (χ0) is 29.9. The Labute approximate surface area is 243 Å². The number of rotatable bonds is 17. The Bertz CT molecular complexity index is 961. The number of Topliss-reactive ketones (excluding diaryl/α,β-unsaturated/α-hetero) is 2. The maximum Gasteiger partial charge on any atom is 0.306 e. The third-order valence-corrected chi connectivity index (χ3v) is 7.58. The lowest BCUT2D eigenvalue weighted by Gasteiger charge is -2.31. The summed E-state index contributed by atoms with van der Waals surface area (Å²) in [5, 5.41) is 3.34. The van der Waals surface area contributed by atoms with Crippen LogP contribution in [0.4, 0.5) is 5.82 Å². The van der Waals surface area contributed by atoms with E-state index in [2.05, 4.69) is 19.0 Å². The van der Waals surface area contributed by atoms with Crippen LogP contribution >= 0.6 is 11.7 Å². The molecule has 11 nitrogen and oxygen atoms in total. The van der Waals surface area contributed by atoms with E-state index in [0.29, 0.717) is 57.4 Å². The maximum absolute atomic E-state index is 13.1. The SMILES string of the molecule is CCC(C)C(=O)C(C)OC(C)(CC)C(=O)CCC(=O)O[C@@H](CNC(C)(C)C)COc1nsnc1N1CCOCC1. The molecule has 1 aromatic rings. The van der Waals surface area contributed by atoms with Gasteiger partial charge < -0.3 is 29.2 Å². The number of carbonyl (C=O) groups excluding carboxylic acids is 3. The highest BCUT2D eigenvalue weighted by Gasteiger charge is 2.36. The molecule has 4 atom stereocenters. The molecule has 40 heavy (non-hydrogen) atoms. The lowest BCUT2D eigenvalue weighted by Crippen LogP contribution is -2.45. The van der Waals surface area contributed by atoms with Gasteiger partial charge in [-0.3, -0.25) is 14.4 Å². The van der Waals surface area contributed by atoms with E-state index < -0.39 is 23.8 Å². The smallest absolute Gasteiger partial charge is 0.306 e. The Morgan fingerprint density at radius 1 is 1.07 bits per heavy atom. The molecular formula is C28H48N4O7S. The lowest BCUT2D eigenvalue weighted by atomic mass is 9.92. The molecule has 1 aliphatic heterocycles. The first kappa shape index (κ1) is 34.1.